The summed E-state index contributed by atoms with van der Waals surface area (Å²) in [7, 11) is 0. The molecule has 2 heteroatoms. The third-order valence-electron chi connectivity index (χ3n) is 1.18. The van der Waals surface area contributed by atoms with Crippen molar-refractivity contribution in [3.63, 3.8) is 0 Å². The molecular weight excluding hydrogens is 116 g/mol. The van der Waals surface area contributed by atoms with Gasteiger partial charge in [-0.25, -0.2) is 0 Å². The largest absolute Gasteiger partial charge is 0.664 e. The number of hydrogen-bond donors (Lipinski definition) is 0. The highest BCUT2D eigenvalue weighted by molar-refractivity contribution is 5.30. The Hall–Kier alpha value is -1.02. The van der Waals surface area contributed by atoms with E-state index in [1.807, 2.05) is 19.1 Å². The van der Waals surface area contributed by atoms with Crippen LogP contribution in [0.3, 0.4) is 0 Å². The van der Waals surface area contributed by atoms with Crippen molar-refractivity contribution in [3.05, 3.63) is 29.8 Å². The summed E-state index contributed by atoms with van der Waals surface area (Å²) in [5, 5.41) is 9.85. The lowest BCUT2D eigenvalue weighted by atomic mass is 10.2. The molecule has 0 spiro atoms. The summed E-state index contributed by atoms with van der Waals surface area (Å²) < 4.78 is 0. The van der Waals surface area contributed by atoms with Gasteiger partial charge in [0.05, 0.1) is 0 Å². The Morgan fingerprint density at radius 3 is 2.44 bits per heavy atom. The van der Waals surface area contributed by atoms with Gasteiger partial charge in [-0.1, -0.05) is 18.2 Å². The Balaban J connectivity index is 3.01. The highest BCUT2D eigenvalue weighted by atomic mass is 17.1. The molecule has 0 fully saturated rings. The molecular formula is C7H7O2-. The highest BCUT2D eigenvalue weighted by Gasteiger charge is 1.88. The van der Waals surface area contributed by atoms with Crippen molar-refractivity contribution in [1.82, 2.24) is 0 Å². The average molecular weight is 123 g/mol. The lowest BCUT2D eigenvalue weighted by Crippen LogP contribution is -2.09. The predicted molar refractivity (Wildman–Crippen MR) is 31.8 cm³/mol. The van der Waals surface area contributed by atoms with E-state index in [-0.39, 0.29) is 0 Å². The molecule has 0 saturated carbocycles. The zero-order chi connectivity index (χ0) is 6.69. The molecule has 0 radical (unpaired) electrons. The summed E-state index contributed by atoms with van der Waals surface area (Å²) in [4.78, 5) is 3.79. The molecule has 0 heterocycles. The molecule has 1 rings (SSSR count). The molecule has 0 bridgehead atoms. The zero-order valence-corrected chi connectivity index (χ0v) is 5.13. The maximum absolute atomic E-state index is 9.85. The van der Waals surface area contributed by atoms with Crippen LogP contribution in [0.25, 0.3) is 0 Å². The first-order valence-electron chi connectivity index (χ1n) is 2.70. The van der Waals surface area contributed by atoms with Gasteiger partial charge in [-0.2, -0.15) is 0 Å². The van der Waals surface area contributed by atoms with Gasteiger partial charge in [-0.05, 0) is 18.6 Å². The van der Waals surface area contributed by atoms with Gasteiger partial charge in [0.1, 0.15) is 5.75 Å². The monoisotopic (exact) mass is 123 g/mol. The van der Waals surface area contributed by atoms with Crippen molar-refractivity contribution in [3.8, 4) is 5.75 Å². The maximum Gasteiger partial charge on any atom is 0.113 e. The van der Waals surface area contributed by atoms with Crippen molar-refractivity contribution in [1.29, 1.82) is 0 Å². The third-order valence-corrected chi connectivity index (χ3v) is 1.18. The number of hydrogen-bond acceptors (Lipinski definition) is 2. The summed E-state index contributed by atoms with van der Waals surface area (Å²) in [6.45, 7) is 1.83. The van der Waals surface area contributed by atoms with Crippen LogP contribution in [0.2, 0.25) is 0 Å². The van der Waals surface area contributed by atoms with Crippen molar-refractivity contribution < 1.29 is 10.1 Å². The van der Waals surface area contributed by atoms with E-state index in [0.717, 1.165) is 5.56 Å². The van der Waals surface area contributed by atoms with E-state index in [9.17, 15) is 5.26 Å². The standard InChI is InChI=1S/C7H8O2/c1-6-4-2-3-5-7(6)9-8/h2-5,8H,1H3/p-1. The van der Waals surface area contributed by atoms with Gasteiger partial charge < -0.3 is 10.1 Å². The molecule has 1 aromatic carbocycles. The SMILES string of the molecule is Cc1ccccc1O[O-]. The van der Waals surface area contributed by atoms with Crippen molar-refractivity contribution >= 4 is 0 Å². The second-order valence-electron chi connectivity index (χ2n) is 1.85. The van der Waals surface area contributed by atoms with Crippen LogP contribution in [0, 0.1) is 6.92 Å². The van der Waals surface area contributed by atoms with Gasteiger partial charge in [0.15, 0.2) is 0 Å². The number of benzene rings is 1. The fourth-order valence-corrected chi connectivity index (χ4v) is 0.650. The maximum atomic E-state index is 9.85. The molecule has 0 unspecified atom stereocenters. The molecule has 2 nitrogen and oxygen atoms in total. The Morgan fingerprint density at radius 2 is 2.00 bits per heavy atom. The normalized spacial score (nSPS) is 9.11. The molecule has 9 heavy (non-hydrogen) atoms. The van der Waals surface area contributed by atoms with E-state index in [1.165, 1.54) is 0 Å². The minimum atomic E-state index is 0.400. The van der Waals surface area contributed by atoms with Gasteiger partial charge in [0, 0.05) is 0 Å². The van der Waals surface area contributed by atoms with Crippen LogP contribution in [0.15, 0.2) is 24.3 Å². The minimum Gasteiger partial charge on any atom is -0.664 e. The van der Waals surface area contributed by atoms with E-state index < -0.39 is 0 Å². The fraction of sp³-hybridized carbons (Fsp3) is 0.143. The van der Waals surface area contributed by atoms with E-state index in [4.69, 9.17) is 0 Å². The van der Waals surface area contributed by atoms with E-state index >= 15 is 0 Å². The molecule has 0 atom stereocenters. The van der Waals surface area contributed by atoms with E-state index in [2.05, 4.69) is 4.89 Å². The Morgan fingerprint density at radius 1 is 1.33 bits per heavy atom. The summed E-state index contributed by atoms with van der Waals surface area (Å²) in [5.74, 6) is 0.400. The van der Waals surface area contributed by atoms with Crippen LogP contribution < -0.4 is 10.1 Å². The van der Waals surface area contributed by atoms with Crippen LogP contribution in [0.1, 0.15) is 5.56 Å². The summed E-state index contributed by atoms with van der Waals surface area (Å²) in [5.41, 5.74) is 0.868. The Kier molecular flexibility index (Phi) is 1.70. The first-order chi connectivity index (χ1) is 4.34. The average Bonchev–Trinajstić information content (AvgIpc) is 1.89. The van der Waals surface area contributed by atoms with Crippen molar-refractivity contribution in [2.75, 3.05) is 0 Å². The lowest BCUT2D eigenvalue weighted by molar-refractivity contribution is -0.635. The quantitative estimate of drug-likeness (QED) is 0.405. The number of aryl methyl sites for hydroxylation is 1. The third kappa shape index (κ3) is 1.21. The Bertz CT molecular complexity index is 196. The molecule has 0 aliphatic rings. The van der Waals surface area contributed by atoms with Gasteiger partial charge in [-0.15, -0.1) is 0 Å². The van der Waals surface area contributed by atoms with Crippen molar-refractivity contribution in [2.24, 2.45) is 0 Å². The van der Waals surface area contributed by atoms with E-state index in [1.54, 1.807) is 12.1 Å². The smallest absolute Gasteiger partial charge is 0.113 e. The van der Waals surface area contributed by atoms with Crippen molar-refractivity contribution in [2.45, 2.75) is 6.92 Å². The first kappa shape index (κ1) is 6.11. The van der Waals surface area contributed by atoms with Gasteiger partial charge in [0.25, 0.3) is 0 Å². The van der Waals surface area contributed by atoms with Crippen LogP contribution in [0.4, 0.5) is 0 Å². The summed E-state index contributed by atoms with van der Waals surface area (Å²) in [6, 6.07) is 7.09. The number of rotatable bonds is 1. The van der Waals surface area contributed by atoms with Crippen LogP contribution in [-0.2, 0) is 0 Å². The van der Waals surface area contributed by atoms with Gasteiger partial charge >= 0.3 is 0 Å². The molecule has 0 amide bonds. The molecule has 1 aromatic rings. The van der Waals surface area contributed by atoms with Gasteiger partial charge in [0.2, 0.25) is 0 Å². The first-order valence-corrected chi connectivity index (χ1v) is 2.70. The second-order valence-corrected chi connectivity index (χ2v) is 1.85. The molecule has 48 valence electrons. The minimum absolute atomic E-state index is 0.400. The second kappa shape index (κ2) is 2.51. The zero-order valence-electron chi connectivity index (χ0n) is 5.13. The topological polar surface area (TPSA) is 32.3 Å². The molecule has 0 N–H and O–H groups in total. The molecule has 0 aromatic heterocycles. The van der Waals surface area contributed by atoms with Gasteiger partial charge in [-0.3, -0.25) is 0 Å². The van der Waals surface area contributed by atoms with E-state index in [0.29, 0.717) is 5.75 Å². The molecule has 0 aliphatic carbocycles. The Labute approximate surface area is 53.6 Å². The number of para-hydroxylation sites is 1. The van der Waals surface area contributed by atoms with Crippen LogP contribution >= 0.6 is 0 Å². The van der Waals surface area contributed by atoms with Crippen LogP contribution in [0.5, 0.6) is 5.75 Å². The van der Waals surface area contributed by atoms with Crippen LogP contribution in [-0.4, -0.2) is 0 Å². The fourth-order valence-electron chi connectivity index (χ4n) is 0.650. The summed E-state index contributed by atoms with van der Waals surface area (Å²) >= 11 is 0. The highest BCUT2D eigenvalue weighted by Crippen LogP contribution is 2.13. The lowest BCUT2D eigenvalue weighted by Gasteiger charge is -2.09. The molecule has 0 saturated heterocycles. The molecule has 0 aliphatic heterocycles. The predicted octanol–water partition coefficient (Wildman–Crippen LogP) is 0.649. The summed E-state index contributed by atoms with van der Waals surface area (Å²) in [6.07, 6.45) is 0.